The lowest BCUT2D eigenvalue weighted by Gasteiger charge is -2.04. The van der Waals surface area contributed by atoms with Crippen molar-refractivity contribution >= 4 is 94.1 Å². The van der Waals surface area contributed by atoms with Gasteiger partial charge in [-0.2, -0.15) is 0 Å². The maximum absolute atomic E-state index is 4.56. The molecule has 38 heavy (non-hydrogen) atoms. The van der Waals surface area contributed by atoms with Gasteiger partial charge in [0.25, 0.3) is 0 Å². The largest absolute Gasteiger partial charge is 0.250 e. The molecule has 2 aromatic heterocycles. The van der Waals surface area contributed by atoms with Crippen molar-refractivity contribution in [2.75, 3.05) is 0 Å². The van der Waals surface area contributed by atoms with E-state index in [4.69, 9.17) is 0 Å². The Labute approximate surface area is 256 Å². The average Bonchev–Trinajstić information content (AvgIpc) is 3.54. The maximum Gasteiger partial charge on any atom is 0.101 e. The number of thioether (sulfide) groups is 8. The Balaban J connectivity index is 1.28. The fraction of sp³-hybridized carbons (Fsp3) is 0. The van der Waals surface area contributed by atoms with E-state index in [1.54, 1.807) is 23.5 Å². The van der Waals surface area contributed by atoms with Crippen LogP contribution in [0.2, 0.25) is 0 Å². The topological polar surface area (TPSA) is 25.8 Å². The van der Waals surface area contributed by atoms with Crippen LogP contribution in [0.15, 0.2) is 155 Å². The van der Waals surface area contributed by atoms with Gasteiger partial charge in [-0.3, -0.25) is 0 Å². The second-order valence-corrected chi connectivity index (χ2v) is 17.4. The first-order chi connectivity index (χ1) is 18.8. The zero-order valence-corrected chi connectivity index (χ0v) is 26.1. The molecule has 0 saturated carbocycles. The Morgan fingerprint density at radius 2 is 0.763 bits per heavy atom. The summed E-state index contributed by atoms with van der Waals surface area (Å²) in [5.41, 5.74) is 0. The lowest BCUT2D eigenvalue weighted by molar-refractivity contribution is 1.14. The van der Waals surface area contributed by atoms with Crippen molar-refractivity contribution in [1.82, 2.24) is 9.97 Å². The molecule has 2 aliphatic heterocycles. The van der Waals surface area contributed by atoms with Crippen LogP contribution in [0.1, 0.15) is 0 Å². The lowest BCUT2D eigenvalue weighted by Crippen LogP contribution is -1.79. The number of rotatable bonds is 8. The van der Waals surface area contributed by atoms with Gasteiger partial charge >= 0.3 is 0 Å². The lowest BCUT2D eigenvalue weighted by atomic mass is 10.4. The van der Waals surface area contributed by atoms with Crippen molar-refractivity contribution in [3.05, 3.63) is 135 Å². The van der Waals surface area contributed by atoms with Crippen LogP contribution in [0, 0.1) is 0 Å². The van der Waals surface area contributed by atoms with Crippen LogP contribution in [0.3, 0.4) is 0 Å². The third kappa shape index (κ3) is 7.09. The van der Waals surface area contributed by atoms with E-state index in [2.05, 4.69) is 82.8 Å². The standard InChI is InChI=1S/C28H18N2S8/c1-3-11-19(12-4-1)31-23-24(32-20-13-5-2-6-14-20)36-27(35-23)28-37-25(33-21-15-7-9-17-29-21)26(38-28)34-22-16-8-10-18-30-22/h1-18H. The molecule has 0 radical (unpaired) electrons. The van der Waals surface area contributed by atoms with E-state index in [0.29, 0.717) is 0 Å². The summed E-state index contributed by atoms with van der Waals surface area (Å²) in [6.45, 7) is 0. The highest BCUT2D eigenvalue weighted by atomic mass is 32.3. The second-order valence-electron chi connectivity index (χ2n) is 7.50. The van der Waals surface area contributed by atoms with Gasteiger partial charge in [0, 0.05) is 22.2 Å². The molecular formula is C28H18N2S8. The van der Waals surface area contributed by atoms with Crippen molar-refractivity contribution in [2.45, 2.75) is 19.8 Å². The van der Waals surface area contributed by atoms with Gasteiger partial charge in [0.05, 0.1) is 25.4 Å². The number of aromatic nitrogens is 2. The molecule has 2 aromatic carbocycles. The number of pyridine rings is 2. The van der Waals surface area contributed by atoms with Gasteiger partial charge in [-0.1, -0.05) is 143 Å². The predicted molar refractivity (Wildman–Crippen MR) is 176 cm³/mol. The Morgan fingerprint density at radius 1 is 0.395 bits per heavy atom. The maximum atomic E-state index is 4.56. The van der Waals surface area contributed by atoms with Crippen LogP contribution in [0.25, 0.3) is 0 Å². The monoisotopic (exact) mass is 638 g/mol. The Morgan fingerprint density at radius 3 is 1.13 bits per heavy atom. The fourth-order valence-electron chi connectivity index (χ4n) is 3.16. The normalized spacial score (nSPS) is 15.6. The molecule has 10 heteroatoms. The first-order valence-electron chi connectivity index (χ1n) is 11.4. The van der Waals surface area contributed by atoms with Crippen molar-refractivity contribution in [2.24, 2.45) is 0 Å². The van der Waals surface area contributed by atoms with Crippen molar-refractivity contribution in [3.8, 4) is 0 Å². The van der Waals surface area contributed by atoms with Crippen molar-refractivity contribution in [1.29, 1.82) is 0 Å². The molecule has 0 bridgehead atoms. The summed E-state index contributed by atoms with van der Waals surface area (Å²) in [6, 6.07) is 33.4. The first-order valence-corrected chi connectivity index (χ1v) is 17.9. The molecule has 0 spiro atoms. The quantitative estimate of drug-likeness (QED) is 0.185. The number of benzene rings is 2. The summed E-state index contributed by atoms with van der Waals surface area (Å²) >= 11 is 14.7. The summed E-state index contributed by atoms with van der Waals surface area (Å²) in [6.07, 6.45) is 3.71. The molecule has 0 amide bonds. The van der Waals surface area contributed by atoms with Crippen LogP contribution in [0.5, 0.6) is 0 Å². The average molecular weight is 639 g/mol. The van der Waals surface area contributed by atoms with E-state index in [1.165, 1.54) is 35.2 Å². The summed E-state index contributed by atoms with van der Waals surface area (Å²) in [7, 11) is 0. The number of hydrogen-bond acceptors (Lipinski definition) is 10. The third-order valence-electron chi connectivity index (χ3n) is 4.82. The molecule has 4 aromatic rings. The molecular weight excluding hydrogens is 621 g/mol. The number of hydrogen-bond donors (Lipinski definition) is 0. The molecule has 2 aliphatic rings. The zero-order valence-electron chi connectivity index (χ0n) is 19.6. The van der Waals surface area contributed by atoms with Crippen molar-refractivity contribution < 1.29 is 0 Å². The van der Waals surface area contributed by atoms with Crippen LogP contribution in [-0.4, -0.2) is 9.97 Å². The van der Waals surface area contributed by atoms with Crippen LogP contribution >= 0.6 is 94.1 Å². The molecule has 0 unspecified atom stereocenters. The summed E-state index contributed by atoms with van der Waals surface area (Å²) in [5, 5.41) is 2.01. The third-order valence-corrected chi connectivity index (χ3v) is 16.0. The highest BCUT2D eigenvalue weighted by Crippen LogP contribution is 2.67. The zero-order chi connectivity index (χ0) is 25.6. The fourth-order valence-corrected chi connectivity index (χ4v) is 14.5. The van der Waals surface area contributed by atoms with E-state index >= 15 is 0 Å². The van der Waals surface area contributed by atoms with E-state index < -0.39 is 0 Å². The summed E-state index contributed by atoms with van der Waals surface area (Å²) in [4.78, 5) is 11.6. The molecule has 0 atom stereocenters. The van der Waals surface area contributed by atoms with Gasteiger partial charge in [0.2, 0.25) is 0 Å². The number of nitrogens with zero attached hydrogens (tertiary/aromatic N) is 2. The molecule has 0 N–H and O–H groups in total. The van der Waals surface area contributed by atoms with Crippen LogP contribution < -0.4 is 0 Å². The molecule has 2 nitrogen and oxygen atoms in total. The van der Waals surface area contributed by atoms with Gasteiger partial charge < -0.3 is 0 Å². The SMILES string of the molecule is c1ccc(SC2=C(Sc3ccccc3)SC(=C3SC(Sc4ccccn4)=C(Sc4ccccn4)S3)S2)cc1. The minimum Gasteiger partial charge on any atom is -0.250 e. The Bertz CT molecular complexity index is 1270. The molecule has 6 rings (SSSR count). The van der Waals surface area contributed by atoms with E-state index in [9.17, 15) is 0 Å². The van der Waals surface area contributed by atoms with E-state index in [0.717, 1.165) is 10.1 Å². The molecule has 0 fully saturated rings. The Hall–Kier alpha value is -1.24. The summed E-state index contributed by atoms with van der Waals surface area (Å²) < 4.78 is 7.86. The van der Waals surface area contributed by atoms with Crippen molar-refractivity contribution in [3.63, 3.8) is 0 Å². The van der Waals surface area contributed by atoms with Gasteiger partial charge in [0.15, 0.2) is 0 Å². The van der Waals surface area contributed by atoms with Gasteiger partial charge in [-0.05, 0) is 48.5 Å². The van der Waals surface area contributed by atoms with E-state index in [1.807, 2.05) is 107 Å². The highest BCUT2D eigenvalue weighted by molar-refractivity contribution is 8.45. The molecule has 188 valence electrons. The van der Waals surface area contributed by atoms with Crippen LogP contribution in [0.4, 0.5) is 0 Å². The van der Waals surface area contributed by atoms with Gasteiger partial charge in [-0.15, -0.1) is 0 Å². The molecule has 0 aliphatic carbocycles. The molecule has 4 heterocycles. The minimum atomic E-state index is 1.01. The molecule has 0 saturated heterocycles. The van der Waals surface area contributed by atoms with E-state index in [-0.39, 0.29) is 0 Å². The second kappa shape index (κ2) is 13.4. The van der Waals surface area contributed by atoms with Gasteiger partial charge in [0.1, 0.15) is 10.1 Å². The van der Waals surface area contributed by atoms with Crippen LogP contribution in [-0.2, 0) is 0 Å². The Kier molecular flexibility index (Phi) is 9.51. The highest BCUT2D eigenvalue weighted by Gasteiger charge is 2.32. The predicted octanol–water partition coefficient (Wildman–Crippen LogP) is 11.3. The summed E-state index contributed by atoms with van der Waals surface area (Å²) in [5.74, 6) is 0. The minimum absolute atomic E-state index is 1.01. The van der Waals surface area contributed by atoms with Gasteiger partial charge in [-0.25, -0.2) is 9.97 Å². The smallest absolute Gasteiger partial charge is 0.101 e. The first kappa shape index (κ1) is 27.0.